The van der Waals surface area contributed by atoms with Gasteiger partial charge in [-0.2, -0.15) is 0 Å². The molecule has 17 heavy (non-hydrogen) atoms. The van der Waals surface area contributed by atoms with E-state index in [9.17, 15) is 0 Å². The Hall–Kier alpha value is -1.03. The maximum Gasteiger partial charge on any atom is 0.0946 e. The van der Waals surface area contributed by atoms with Crippen molar-refractivity contribution in [3.63, 3.8) is 0 Å². The molecule has 0 saturated heterocycles. The Balaban J connectivity index is 2.19. The Labute approximate surface area is 110 Å². The van der Waals surface area contributed by atoms with Crippen molar-refractivity contribution in [1.82, 2.24) is 9.55 Å². The molecule has 0 spiro atoms. The van der Waals surface area contributed by atoms with Crippen LogP contribution in [-0.4, -0.2) is 9.55 Å². The third-order valence-corrected chi connectivity index (χ3v) is 3.28. The third-order valence-electron chi connectivity index (χ3n) is 2.69. The van der Waals surface area contributed by atoms with Crippen molar-refractivity contribution >= 4 is 23.2 Å². The van der Waals surface area contributed by atoms with Gasteiger partial charge in [-0.3, -0.25) is 0 Å². The minimum absolute atomic E-state index is 0.124. The van der Waals surface area contributed by atoms with E-state index in [0.29, 0.717) is 16.5 Å². The number of benzene rings is 1. The second kappa shape index (κ2) is 5.08. The summed E-state index contributed by atoms with van der Waals surface area (Å²) in [4.78, 5) is 4.05. The first-order valence-electron chi connectivity index (χ1n) is 5.23. The van der Waals surface area contributed by atoms with E-state index in [1.807, 2.05) is 23.7 Å². The van der Waals surface area contributed by atoms with E-state index in [4.69, 9.17) is 28.9 Å². The molecular weight excluding hydrogens is 257 g/mol. The molecule has 1 aromatic heterocycles. The number of nitrogens with zero attached hydrogens (tertiary/aromatic N) is 2. The molecule has 0 aliphatic rings. The van der Waals surface area contributed by atoms with Crippen molar-refractivity contribution in [1.29, 1.82) is 0 Å². The van der Waals surface area contributed by atoms with Gasteiger partial charge in [-0.1, -0.05) is 29.3 Å². The summed E-state index contributed by atoms with van der Waals surface area (Å²) in [5.41, 5.74) is 8.10. The Morgan fingerprint density at radius 1 is 1.41 bits per heavy atom. The van der Waals surface area contributed by atoms with Crippen LogP contribution in [0.4, 0.5) is 0 Å². The maximum atomic E-state index is 6.13. The lowest BCUT2D eigenvalue weighted by Gasteiger charge is -2.13. The Kier molecular flexibility index (Phi) is 3.72. The molecular formula is C12H13Cl2N3. The first kappa shape index (κ1) is 12.4. The lowest BCUT2D eigenvalue weighted by molar-refractivity contribution is 0.656. The van der Waals surface area contributed by atoms with Gasteiger partial charge in [-0.05, 0) is 24.1 Å². The van der Waals surface area contributed by atoms with Gasteiger partial charge in [0.1, 0.15) is 0 Å². The van der Waals surface area contributed by atoms with Crippen LogP contribution in [-0.2, 0) is 13.5 Å². The molecule has 2 aromatic rings. The number of aromatic nitrogens is 2. The Bertz CT molecular complexity index is 522. The standard InChI is InChI=1S/C12H13Cl2N3/c1-17-7-16-6-12(17)11(15)4-8-2-3-9(13)5-10(8)14/h2-3,5-7,11H,4,15H2,1H3. The quantitative estimate of drug-likeness (QED) is 0.931. The topological polar surface area (TPSA) is 43.8 Å². The number of halogens is 2. The van der Waals surface area contributed by atoms with E-state index in [-0.39, 0.29) is 6.04 Å². The van der Waals surface area contributed by atoms with Crippen molar-refractivity contribution < 1.29 is 0 Å². The van der Waals surface area contributed by atoms with Gasteiger partial charge in [0.25, 0.3) is 0 Å². The molecule has 1 heterocycles. The molecule has 0 amide bonds. The van der Waals surface area contributed by atoms with Crippen LogP contribution in [0.5, 0.6) is 0 Å². The van der Waals surface area contributed by atoms with E-state index < -0.39 is 0 Å². The Morgan fingerprint density at radius 3 is 2.76 bits per heavy atom. The van der Waals surface area contributed by atoms with Crippen molar-refractivity contribution in [2.75, 3.05) is 0 Å². The summed E-state index contributed by atoms with van der Waals surface area (Å²) in [5, 5.41) is 1.28. The van der Waals surface area contributed by atoms with Crippen LogP contribution in [0.3, 0.4) is 0 Å². The van der Waals surface area contributed by atoms with Crippen molar-refractivity contribution in [2.45, 2.75) is 12.5 Å². The fourth-order valence-electron chi connectivity index (χ4n) is 1.75. The molecule has 90 valence electrons. The highest BCUT2D eigenvalue weighted by molar-refractivity contribution is 6.35. The number of rotatable bonds is 3. The molecule has 0 radical (unpaired) electrons. The normalized spacial score (nSPS) is 12.7. The van der Waals surface area contributed by atoms with Crippen molar-refractivity contribution in [2.24, 2.45) is 12.8 Å². The van der Waals surface area contributed by atoms with Gasteiger partial charge in [-0.15, -0.1) is 0 Å². The van der Waals surface area contributed by atoms with E-state index in [1.54, 1.807) is 18.6 Å². The van der Waals surface area contributed by atoms with E-state index in [1.165, 1.54) is 0 Å². The largest absolute Gasteiger partial charge is 0.336 e. The predicted molar refractivity (Wildman–Crippen MR) is 70.3 cm³/mol. The zero-order valence-corrected chi connectivity index (χ0v) is 10.9. The number of hydrogen-bond acceptors (Lipinski definition) is 2. The number of imidazole rings is 1. The summed E-state index contributed by atoms with van der Waals surface area (Å²) in [5.74, 6) is 0. The molecule has 2 rings (SSSR count). The number of nitrogens with two attached hydrogens (primary N) is 1. The molecule has 1 aromatic carbocycles. The Morgan fingerprint density at radius 2 is 2.18 bits per heavy atom. The average molecular weight is 270 g/mol. The maximum absolute atomic E-state index is 6.13. The summed E-state index contributed by atoms with van der Waals surface area (Å²) in [6, 6.07) is 5.33. The fourth-order valence-corrected chi connectivity index (χ4v) is 2.24. The van der Waals surface area contributed by atoms with Crippen LogP contribution in [0.1, 0.15) is 17.3 Å². The van der Waals surface area contributed by atoms with E-state index in [2.05, 4.69) is 4.98 Å². The zero-order valence-electron chi connectivity index (χ0n) is 9.40. The molecule has 3 nitrogen and oxygen atoms in total. The van der Waals surface area contributed by atoms with Crippen LogP contribution in [0.15, 0.2) is 30.7 Å². The molecule has 0 saturated carbocycles. The molecule has 0 aliphatic carbocycles. The van der Waals surface area contributed by atoms with Gasteiger partial charge in [0.15, 0.2) is 0 Å². The van der Waals surface area contributed by atoms with Gasteiger partial charge in [-0.25, -0.2) is 4.98 Å². The number of aryl methyl sites for hydroxylation is 1. The minimum Gasteiger partial charge on any atom is -0.336 e. The van der Waals surface area contributed by atoms with Gasteiger partial charge in [0.2, 0.25) is 0 Å². The molecule has 0 fully saturated rings. The van der Waals surface area contributed by atoms with Gasteiger partial charge in [0.05, 0.1) is 18.1 Å². The second-order valence-corrected chi connectivity index (χ2v) is 4.82. The van der Waals surface area contributed by atoms with Crippen LogP contribution < -0.4 is 5.73 Å². The van der Waals surface area contributed by atoms with Gasteiger partial charge >= 0.3 is 0 Å². The summed E-state index contributed by atoms with van der Waals surface area (Å²) in [6.45, 7) is 0. The molecule has 0 aliphatic heterocycles. The molecule has 0 bridgehead atoms. The minimum atomic E-state index is -0.124. The monoisotopic (exact) mass is 269 g/mol. The van der Waals surface area contributed by atoms with Crippen molar-refractivity contribution in [3.8, 4) is 0 Å². The summed E-state index contributed by atoms with van der Waals surface area (Å²) >= 11 is 12.0. The second-order valence-electron chi connectivity index (χ2n) is 3.98. The highest BCUT2D eigenvalue weighted by Gasteiger charge is 2.12. The average Bonchev–Trinajstić information content (AvgIpc) is 2.68. The fraction of sp³-hybridized carbons (Fsp3) is 0.250. The first-order valence-corrected chi connectivity index (χ1v) is 5.99. The first-order chi connectivity index (χ1) is 8.08. The highest BCUT2D eigenvalue weighted by atomic mass is 35.5. The zero-order chi connectivity index (χ0) is 12.4. The summed E-state index contributed by atoms with van der Waals surface area (Å²) in [7, 11) is 1.92. The van der Waals surface area contributed by atoms with Crippen LogP contribution in [0.25, 0.3) is 0 Å². The van der Waals surface area contributed by atoms with E-state index in [0.717, 1.165) is 11.3 Å². The molecule has 1 atom stereocenters. The van der Waals surface area contributed by atoms with E-state index >= 15 is 0 Å². The van der Waals surface area contributed by atoms with Crippen LogP contribution >= 0.6 is 23.2 Å². The van der Waals surface area contributed by atoms with Gasteiger partial charge < -0.3 is 10.3 Å². The van der Waals surface area contributed by atoms with Crippen molar-refractivity contribution in [3.05, 3.63) is 52.0 Å². The lowest BCUT2D eigenvalue weighted by Crippen LogP contribution is -2.16. The molecule has 1 unspecified atom stereocenters. The smallest absolute Gasteiger partial charge is 0.0946 e. The molecule has 5 heteroatoms. The third kappa shape index (κ3) is 2.80. The SMILES string of the molecule is Cn1cncc1C(N)Cc1ccc(Cl)cc1Cl. The molecule has 2 N–H and O–H groups in total. The summed E-state index contributed by atoms with van der Waals surface area (Å²) in [6.07, 6.45) is 4.17. The van der Waals surface area contributed by atoms with Gasteiger partial charge in [0, 0.05) is 23.3 Å². The predicted octanol–water partition coefficient (Wildman–Crippen LogP) is 2.97. The summed E-state index contributed by atoms with van der Waals surface area (Å²) < 4.78 is 1.91. The lowest BCUT2D eigenvalue weighted by atomic mass is 10.0. The van der Waals surface area contributed by atoms with Crippen LogP contribution in [0.2, 0.25) is 10.0 Å². The van der Waals surface area contributed by atoms with Crippen LogP contribution in [0, 0.1) is 0 Å². The highest BCUT2D eigenvalue weighted by Crippen LogP contribution is 2.24. The number of hydrogen-bond donors (Lipinski definition) is 1.